The van der Waals surface area contributed by atoms with Gasteiger partial charge in [-0.15, -0.1) is 0 Å². The van der Waals surface area contributed by atoms with Crippen molar-refractivity contribution in [2.24, 2.45) is 5.10 Å². The van der Waals surface area contributed by atoms with E-state index in [0.29, 0.717) is 5.56 Å². The molecular weight excluding hydrogens is 282 g/mol. The number of hydrogen-bond donors (Lipinski definition) is 1. The molecule has 1 heterocycles. The van der Waals surface area contributed by atoms with Gasteiger partial charge in [0.2, 0.25) is 4.77 Å². The quantitative estimate of drug-likeness (QED) is 0.398. The van der Waals surface area contributed by atoms with E-state index in [1.807, 2.05) is 0 Å². The number of non-ortho nitro benzene ring substituents is 1. The third-order valence-electron chi connectivity index (χ3n) is 2.44. The third kappa shape index (κ3) is 2.83. The fraction of sp³-hybridized carbons (Fsp3) is 0.0909. The van der Waals surface area contributed by atoms with Gasteiger partial charge < -0.3 is 0 Å². The van der Waals surface area contributed by atoms with Crippen molar-refractivity contribution >= 4 is 24.1 Å². The molecule has 0 aliphatic carbocycles. The minimum atomic E-state index is -0.492. The van der Waals surface area contributed by atoms with Crippen molar-refractivity contribution < 1.29 is 4.92 Å². The Hall–Kier alpha value is -2.68. The Labute approximate surface area is 117 Å². The second kappa shape index (κ2) is 5.53. The average Bonchev–Trinajstić information content (AvgIpc) is 2.43. The molecule has 2 aromatic rings. The predicted octanol–water partition coefficient (Wildman–Crippen LogP) is 1.40. The zero-order valence-electron chi connectivity index (χ0n) is 10.3. The van der Waals surface area contributed by atoms with E-state index < -0.39 is 10.5 Å². The molecule has 9 heteroatoms. The summed E-state index contributed by atoms with van der Waals surface area (Å²) in [4.78, 5) is 21.8. The number of aryl methyl sites for hydroxylation is 1. The lowest BCUT2D eigenvalue weighted by Crippen LogP contribution is -2.22. The molecule has 0 saturated heterocycles. The van der Waals surface area contributed by atoms with E-state index >= 15 is 0 Å². The number of nitro benzene ring substituents is 1. The van der Waals surface area contributed by atoms with Gasteiger partial charge in [-0.2, -0.15) is 14.9 Å². The summed E-state index contributed by atoms with van der Waals surface area (Å²) < 4.78 is 1.07. The molecule has 0 bridgehead atoms. The molecule has 0 spiro atoms. The van der Waals surface area contributed by atoms with Crippen LogP contribution in [0.2, 0.25) is 0 Å². The highest BCUT2D eigenvalue weighted by Crippen LogP contribution is 2.10. The van der Waals surface area contributed by atoms with E-state index in [4.69, 9.17) is 12.2 Å². The summed E-state index contributed by atoms with van der Waals surface area (Å²) in [6, 6.07) is 5.74. The molecule has 0 aliphatic heterocycles. The van der Waals surface area contributed by atoms with Gasteiger partial charge in [-0.05, 0) is 36.8 Å². The van der Waals surface area contributed by atoms with Crippen LogP contribution < -0.4 is 5.56 Å². The van der Waals surface area contributed by atoms with Crippen molar-refractivity contribution in [2.45, 2.75) is 6.92 Å². The standard InChI is InChI=1S/C11H9N5O3S/c1-7-10(17)15(11(20)14-13-7)12-6-8-2-4-9(5-3-8)16(18)19/h2-6H,1H3,(H,14,20). The van der Waals surface area contributed by atoms with Crippen molar-refractivity contribution in [1.82, 2.24) is 14.9 Å². The van der Waals surface area contributed by atoms with Gasteiger partial charge >= 0.3 is 0 Å². The van der Waals surface area contributed by atoms with Gasteiger partial charge in [0.05, 0.1) is 11.1 Å². The van der Waals surface area contributed by atoms with Crippen molar-refractivity contribution in [3.8, 4) is 0 Å². The molecule has 0 fully saturated rings. The van der Waals surface area contributed by atoms with E-state index in [1.165, 1.54) is 37.4 Å². The molecule has 8 nitrogen and oxygen atoms in total. The molecule has 20 heavy (non-hydrogen) atoms. The highest BCUT2D eigenvalue weighted by Gasteiger charge is 2.03. The SMILES string of the molecule is Cc1n[nH]c(=S)n(N=Cc2ccc([N+](=O)[O-])cc2)c1=O. The number of aromatic amines is 1. The number of H-pyrrole nitrogens is 1. The number of nitrogens with zero attached hydrogens (tertiary/aromatic N) is 4. The lowest BCUT2D eigenvalue weighted by atomic mass is 10.2. The number of nitrogens with one attached hydrogen (secondary N) is 1. The Kier molecular flexibility index (Phi) is 3.80. The van der Waals surface area contributed by atoms with E-state index in [1.54, 1.807) is 0 Å². The van der Waals surface area contributed by atoms with Crippen LogP contribution >= 0.6 is 12.2 Å². The molecule has 102 valence electrons. The second-order valence-electron chi connectivity index (χ2n) is 3.82. The van der Waals surface area contributed by atoms with E-state index in [9.17, 15) is 14.9 Å². The monoisotopic (exact) mass is 291 g/mol. The minimum absolute atomic E-state index is 0.0173. The number of hydrogen-bond acceptors (Lipinski definition) is 6. The molecule has 0 unspecified atom stereocenters. The minimum Gasteiger partial charge on any atom is -0.265 e. The van der Waals surface area contributed by atoms with E-state index in [0.717, 1.165) is 4.68 Å². The second-order valence-corrected chi connectivity index (χ2v) is 4.21. The van der Waals surface area contributed by atoms with Crippen molar-refractivity contribution in [3.63, 3.8) is 0 Å². The number of nitro groups is 1. The Morgan fingerprint density at radius 2 is 2.10 bits per heavy atom. The van der Waals surface area contributed by atoms with E-state index in [2.05, 4.69) is 15.3 Å². The maximum Gasteiger partial charge on any atom is 0.296 e. The van der Waals surface area contributed by atoms with Crippen molar-refractivity contribution in [2.75, 3.05) is 0 Å². The molecule has 1 aromatic heterocycles. The lowest BCUT2D eigenvalue weighted by Gasteiger charge is -1.99. The predicted molar refractivity (Wildman–Crippen MR) is 74.5 cm³/mol. The highest BCUT2D eigenvalue weighted by molar-refractivity contribution is 7.71. The Bertz CT molecular complexity index is 791. The number of rotatable bonds is 3. The first-order chi connectivity index (χ1) is 9.49. The molecule has 2 rings (SSSR count). The maximum absolute atomic E-state index is 11.8. The molecule has 0 radical (unpaired) electrons. The zero-order chi connectivity index (χ0) is 14.7. The van der Waals surface area contributed by atoms with Gasteiger partial charge in [-0.1, -0.05) is 0 Å². The van der Waals surface area contributed by atoms with Crippen LogP contribution in [0.4, 0.5) is 5.69 Å². The summed E-state index contributed by atoms with van der Waals surface area (Å²) >= 11 is 4.91. The van der Waals surface area contributed by atoms with Crippen LogP contribution in [0.3, 0.4) is 0 Å². The van der Waals surface area contributed by atoms with E-state index in [-0.39, 0.29) is 16.2 Å². The van der Waals surface area contributed by atoms with Crippen LogP contribution in [0.5, 0.6) is 0 Å². The number of aromatic nitrogens is 3. The van der Waals surface area contributed by atoms with Crippen LogP contribution in [0.15, 0.2) is 34.2 Å². The maximum atomic E-state index is 11.8. The molecule has 0 atom stereocenters. The van der Waals surface area contributed by atoms with Gasteiger partial charge in [0.1, 0.15) is 5.69 Å². The van der Waals surface area contributed by atoms with Crippen molar-refractivity contribution in [1.29, 1.82) is 0 Å². The van der Waals surface area contributed by atoms with Gasteiger partial charge in [0.25, 0.3) is 11.2 Å². The van der Waals surface area contributed by atoms with Crippen LogP contribution in [-0.4, -0.2) is 26.0 Å². The summed E-state index contributed by atoms with van der Waals surface area (Å²) in [6.07, 6.45) is 1.38. The summed E-state index contributed by atoms with van der Waals surface area (Å²) in [5.74, 6) is 0. The van der Waals surface area contributed by atoms with Gasteiger partial charge in [0, 0.05) is 12.1 Å². The Balaban J connectivity index is 2.35. The zero-order valence-corrected chi connectivity index (χ0v) is 11.1. The first-order valence-corrected chi connectivity index (χ1v) is 5.87. The summed E-state index contributed by atoms with van der Waals surface area (Å²) in [5, 5.41) is 20.7. The summed E-state index contributed by atoms with van der Waals surface area (Å²) in [7, 11) is 0. The fourth-order valence-corrected chi connectivity index (χ4v) is 1.56. The molecule has 1 aromatic carbocycles. The molecule has 1 N–H and O–H groups in total. The third-order valence-corrected chi connectivity index (χ3v) is 2.70. The smallest absolute Gasteiger partial charge is 0.265 e. The molecule has 0 saturated carbocycles. The highest BCUT2D eigenvalue weighted by atomic mass is 32.1. The fourth-order valence-electron chi connectivity index (χ4n) is 1.38. The van der Waals surface area contributed by atoms with Gasteiger partial charge in [-0.25, -0.2) is 0 Å². The summed E-state index contributed by atoms with van der Waals surface area (Å²) in [6.45, 7) is 1.53. The lowest BCUT2D eigenvalue weighted by molar-refractivity contribution is -0.384. The first kappa shape index (κ1) is 13.7. The van der Waals surface area contributed by atoms with Gasteiger partial charge in [-0.3, -0.25) is 20.0 Å². The first-order valence-electron chi connectivity index (χ1n) is 5.46. The molecule has 0 amide bonds. The van der Waals surface area contributed by atoms with Crippen LogP contribution in [0.1, 0.15) is 11.3 Å². The van der Waals surface area contributed by atoms with Crippen LogP contribution in [0.25, 0.3) is 0 Å². The Morgan fingerprint density at radius 3 is 2.70 bits per heavy atom. The van der Waals surface area contributed by atoms with Crippen molar-refractivity contribution in [3.05, 3.63) is 60.8 Å². The number of benzene rings is 1. The normalized spacial score (nSPS) is 10.8. The topological polar surface area (TPSA) is 106 Å². The molecule has 0 aliphatic rings. The molecular formula is C11H9N5O3S. The van der Waals surface area contributed by atoms with Gasteiger partial charge in [0.15, 0.2) is 0 Å². The summed E-state index contributed by atoms with van der Waals surface area (Å²) in [5.41, 5.74) is 0.397. The average molecular weight is 291 g/mol. The van der Waals surface area contributed by atoms with Crippen LogP contribution in [-0.2, 0) is 0 Å². The van der Waals surface area contributed by atoms with Crippen LogP contribution in [0, 0.1) is 21.8 Å². The largest absolute Gasteiger partial charge is 0.296 e. The Morgan fingerprint density at radius 1 is 1.45 bits per heavy atom.